The third-order valence-corrected chi connectivity index (χ3v) is 4.18. The molecule has 0 aliphatic rings. The number of nitrogens with zero attached hydrogens (tertiary/aromatic N) is 4. The van der Waals surface area contributed by atoms with Crippen molar-refractivity contribution in [1.82, 2.24) is 14.8 Å². The number of hydrogen-bond acceptors (Lipinski definition) is 6. The first-order chi connectivity index (χ1) is 9.81. The van der Waals surface area contributed by atoms with E-state index in [1.54, 1.807) is 29.1 Å². The van der Waals surface area contributed by atoms with E-state index in [2.05, 4.69) is 15.4 Å². The molecule has 2 aromatic heterocycles. The summed E-state index contributed by atoms with van der Waals surface area (Å²) < 4.78 is 1.66. The average Bonchev–Trinajstić information content (AvgIpc) is 2.93. The highest BCUT2D eigenvalue weighted by molar-refractivity contribution is 7.11. The van der Waals surface area contributed by atoms with Gasteiger partial charge in [0.15, 0.2) is 0 Å². The van der Waals surface area contributed by atoms with Gasteiger partial charge in [-0.1, -0.05) is 0 Å². The molecule has 0 fully saturated rings. The van der Waals surface area contributed by atoms with E-state index in [1.807, 2.05) is 27.7 Å². The second-order valence-corrected chi connectivity index (χ2v) is 6.52. The van der Waals surface area contributed by atoms with Gasteiger partial charge in [-0.2, -0.15) is 5.10 Å². The highest BCUT2D eigenvalue weighted by Gasteiger charge is 2.28. The maximum Gasteiger partial charge on any atom is 0.333 e. The predicted octanol–water partition coefficient (Wildman–Crippen LogP) is 3.62. The Morgan fingerprint density at radius 3 is 2.52 bits per heavy atom. The molecule has 0 aliphatic heterocycles. The van der Waals surface area contributed by atoms with Crippen molar-refractivity contribution in [3.63, 3.8) is 0 Å². The third-order valence-electron chi connectivity index (χ3n) is 3.09. The van der Waals surface area contributed by atoms with E-state index in [1.165, 1.54) is 0 Å². The van der Waals surface area contributed by atoms with Crippen LogP contribution in [0.5, 0.6) is 0 Å². The zero-order chi connectivity index (χ0) is 15.7. The first-order valence-electron chi connectivity index (χ1n) is 6.73. The van der Waals surface area contributed by atoms with Gasteiger partial charge in [-0.3, -0.25) is 10.1 Å². The molecule has 2 aromatic rings. The Hall–Kier alpha value is -1.96. The number of hydrogen-bond donors (Lipinski definition) is 1. The zero-order valence-electron chi connectivity index (χ0n) is 12.7. The summed E-state index contributed by atoms with van der Waals surface area (Å²) in [6, 6.07) is -0.0823. The number of aromatic nitrogens is 3. The maximum absolute atomic E-state index is 11.3. The number of nitrogens with one attached hydrogen (secondary N) is 1. The minimum Gasteiger partial charge on any atom is -0.356 e. The standard InChI is InChI=1S/C13H19N5O2S/c1-7(2)17-12(11(18(19)20)9(4)16-17)15-10(5)13-14-6-8(3)21-13/h6-7,10,15H,1-5H3. The lowest BCUT2D eigenvalue weighted by atomic mass is 10.3. The van der Waals surface area contributed by atoms with Gasteiger partial charge >= 0.3 is 5.69 Å². The quantitative estimate of drug-likeness (QED) is 0.673. The lowest BCUT2D eigenvalue weighted by Crippen LogP contribution is -2.14. The number of rotatable bonds is 5. The van der Waals surface area contributed by atoms with E-state index in [9.17, 15) is 10.1 Å². The smallest absolute Gasteiger partial charge is 0.333 e. The van der Waals surface area contributed by atoms with Crippen molar-refractivity contribution in [3.05, 3.63) is 31.9 Å². The van der Waals surface area contributed by atoms with Crippen LogP contribution < -0.4 is 5.32 Å². The van der Waals surface area contributed by atoms with Crippen LogP contribution in [0.1, 0.15) is 48.4 Å². The molecule has 0 saturated heterocycles. The normalized spacial score (nSPS) is 12.7. The maximum atomic E-state index is 11.3. The van der Waals surface area contributed by atoms with Gasteiger partial charge in [-0.15, -0.1) is 11.3 Å². The number of thiazole rings is 1. The summed E-state index contributed by atoms with van der Waals surface area (Å²) in [5, 5.41) is 19.7. The molecule has 0 spiro atoms. The Balaban J connectivity index is 2.40. The van der Waals surface area contributed by atoms with E-state index < -0.39 is 0 Å². The largest absolute Gasteiger partial charge is 0.356 e. The van der Waals surface area contributed by atoms with Gasteiger partial charge < -0.3 is 5.32 Å². The zero-order valence-corrected chi connectivity index (χ0v) is 13.6. The summed E-state index contributed by atoms with van der Waals surface area (Å²) >= 11 is 1.58. The van der Waals surface area contributed by atoms with E-state index in [0.29, 0.717) is 11.5 Å². The van der Waals surface area contributed by atoms with Crippen LogP contribution in [-0.4, -0.2) is 19.7 Å². The molecule has 0 aromatic carbocycles. The monoisotopic (exact) mass is 309 g/mol. The van der Waals surface area contributed by atoms with Crippen LogP contribution in [0.15, 0.2) is 6.20 Å². The topological polar surface area (TPSA) is 85.9 Å². The molecule has 8 heteroatoms. The highest BCUT2D eigenvalue weighted by atomic mass is 32.1. The molecular weight excluding hydrogens is 290 g/mol. The van der Waals surface area contributed by atoms with Crippen molar-refractivity contribution in [3.8, 4) is 0 Å². The Morgan fingerprint density at radius 2 is 2.05 bits per heavy atom. The minimum atomic E-state index is -0.386. The molecule has 7 nitrogen and oxygen atoms in total. The molecule has 21 heavy (non-hydrogen) atoms. The summed E-state index contributed by atoms with van der Waals surface area (Å²) in [6.07, 6.45) is 1.80. The first-order valence-corrected chi connectivity index (χ1v) is 7.55. The van der Waals surface area contributed by atoms with Gasteiger partial charge in [0, 0.05) is 17.1 Å². The number of anilines is 1. The van der Waals surface area contributed by atoms with Gasteiger partial charge in [0.25, 0.3) is 0 Å². The Morgan fingerprint density at radius 1 is 1.38 bits per heavy atom. The molecule has 114 valence electrons. The van der Waals surface area contributed by atoms with Crippen molar-refractivity contribution >= 4 is 22.8 Å². The van der Waals surface area contributed by atoms with Crippen molar-refractivity contribution < 1.29 is 4.92 Å². The van der Waals surface area contributed by atoms with Gasteiger partial charge in [0.05, 0.1) is 11.0 Å². The minimum absolute atomic E-state index is 0.0313. The van der Waals surface area contributed by atoms with Gasteiger partial charge in [-0.25, -0.2) is 9.67 Å². The van der Waals surface area contributed by atoms with Crippen molar-refractivity contribution in [2.75, 3.05) is 5.32 Å². The molecule has 1 N–H and O–H groups in total. The van der Waals surface area contributed by atoms with Crippen LogP contribution in [0.4, 0.5) is 11.5 Å². The van der Waals surface area contributed by atoms with Crippen LogP contribution >= 0.6 is 11.3 Å². The van der Waals surface area contributed by atoms with Gasteiger partial charge in [-0.05, 0) is 34.6 Å². The van der Waals surface area contributed by atoms with Crippen LogP contribution in [0.3, 0.4) is 0 Å². The van der Waals surface area contributed by atoms with Crippen LogP contribution in [-0.2, 0) is 0 Å². The van der Waals surface area contributed by atoms with Gasteiger partial charge in [0.2, 0.25) is 5.82 Å². The summed E-state index contributed by atoms with van der Waals surface area (Å²) in [6.45, 7) is 9.47. The molecule has 1 unspecified atom stereocenters. The molecule has 2 heterocycles. The summed E-state index contributed by atoms with van der Waals surface area (Å²) in [7, 11) is 0. The first kappa shape index (κ1) is 15.4. The lowest BCUT2D eigenvalue weighted by molar-refractivity contribution is -0.384. The Kier molecular flexibility index (Phi) is 4.26. The van der Waals surface area contributed by atoms with Crippen molar-refractivity contribution in [1.29, 1.82) is 0 Å². The Bertz CT molecular complexity index is 662. The Labute approximate surface area is 127 Å². The van der Waals surface area contributed by atoms with Crippen molar-refractivity contribution in [2.24, 2.45) is 0 Å². The summed E-state index contributed by atoms with van der Waals surface area (Å²) in [5.41, 5.74) is 0.447. The molecule has 1 atom stereocenters. The second kappa shape index (κ2) is 5.80. The molecule has 0 amide bonds. The molecule has 2 rings (SSSR count). The van der Waals surface area contributed by atoms with E-state index in [-0.39, 0.29) is 22.7 Å². The van der Waals surface area contributed by atoms with Crippen LogP contribution in [0.2, 0.25) is 0 Å². The fraction of sp³-hybridized carbons (Fsp3) is 0.538. The number of aryl methyl sites for hydroxylation is 2. The number of nitro groups is 1. The fourth-order valence-corrected chi connectivity index (χ4v) is 2.88. The fourth-order valence-electron chi connectivity index (χ4n) is 2.10. The lowest BCUT2D eigenvalue weighted by Gasteiger charge is -2.15. The van der Waals surface area contributed by atoms with Crippen molar-refractivity contribution in [2.45, 2.75) is 46.7 Å². The van der Waals surface area contributed by atoms with E-state index in [4.69, 9.17) is 0 Å². The van der Waals surface area contributed by atoms with Crippen LogP contribution in [0.25, 0.3) is 0 Å². The highest BCUT2D eigenvalue weighted by Crippen LogP contribution is 2.33. The molecule has 0 radical (unpaired) electrons. The molecule has 0 aliphatic carbocycles. The molecule has 0 saturated carbocycles. The predicted molar refractivity (Wildman–Crippen MR) is 82.9 cm³/mol. The summed E-state index contributed by atoms with van der Waals surface area (Å²) in [5.74, 6) is 0.438. The van der Waals surface area contributed by atoms with Gasteiger partial charge in [0.1, 0.15) is 10.7 Å². The third kappa shape index (κ3) is 3.05. The molecule has 0 bridgehead atoms. The SMILES string of the molecule is Cc1cnc(C(C)Nc2c([N+](=O)[O-])c(C)nn2C(C)C)s1. The van der Waals surface area contributed by atoms with E-state index >= 15 is 0 Å². The van der Waals surface area contributed by atoms with Crippen LogP contribution in [0, 0.1) is 24.0 Å². The average molecular weight is 309 g/mol. The molecular formula is C13H19N5O2S. The second-order valence-electron chi connectivity index (χ2n) is 5.25. The van der Waals surface area contributed by atoms with E-state index in [0.717, 1.165) is 9.88 Å². The summed E-state index contributed by atoms with van der Waals surface area (Å²) in [4.78, 5) is 16.4.